The van der Waals surface area contributed by atoms with Crippen molar-refractivity contribution in [2.24, 2.45) is 0 Å². The van der Waals surface area contributed by atoms with Crippen molar-refractivity contribution in [2.75, 3.05) is 0 Å². The first-order chi connectivity index (χ1) is 18.6. The monoisotopic (exact) mass is 487 g/mol. The molecule has 1 aliphatic rings. The normalized spacial score (nSPS) is 13.7. The van der Waals surface area contributed by atoms with Crippen LogP contribution in [0.25, 0.3) is 61.0 Å². The fourth-order valence-corrected chi connectivity index (χ4v) is 6.33. The van der Waals surface area contributed by atoms with Crippen molar-refractivity contribution in [3.8, 4) is 28.2 Å². The molecule has 0 N–H and O–H groups in total. The van der Waals surface area contributed by atoms with E-state index in [1.807, 2.05) is 30.3 Å². The van der Waals surface area contributed by atoms with Gasteiger partial charge in [-0.3, -0.25) is 4.57 Å². The van der Waals surface area contributed by atoms with Crippen LogP contribution in [-0.4, -0.2) is 14.5 Å². The number of para-hydroxylation sites is 3. The topological polar surface area (TPSA) is 30.7 Å². The molecule has 180 valence electrons. The fraction of sp³-hybridized carbons (Fsp3) is 0.0857. The maximum Gasteiger partial charge on any atom is 0.165 e. The second-order valence-electron chi connectivity index (χ2n) is 10.7. The van der Waals surface area contributed by atoms with E-state index < -0.39 is 0 Å². The molecule has 0 bridgehead atoms. The maximum absolute atomic E-state index is 5.26. The molecule has 8 rings (SSSR count). The standard InChI is InChI=1S/C35H25N3/c1-35(2)27-16-8-6-14-23(27)25-21-32-26(20-28(25)35)24-15-7-11-19-31(24)38(32)34-33(22-12-4-3-5-13-22)36-29-17-9-10-18-30(29)37-34/h3-21H,1-2H3. The predicted molar refractivity (Wildman–Crippen MR) is 157 cm³/mol. The van der Waals surface area contributed by atoms with Crippen molar-refractivity contribution in [3.05, 3.63) is 126 Å². The molecule has 7 aromatic rings. The Morgan fingerprint density at radius 3 is 2.08 bits per heavy atom. The smallest absolute Gasteiger partial charge is 0.165 e. The molecule has 0 atom stereocenters. The van der Waals surface area contributed by atoms with Gasteiger partial charge in [-0.05, 0) is 52.6 Å². The molecule has 0 unspecified atom stereocenters. The van der Waals surface area contributed by atoms with Gasteiger partial charge >= 0.3 is 0 Å². The van der Waals surface area contributed by atoms with Crippen molar-refractivity contribution in [1.29, 1.82) is 0 Å². The largest absolute Gasteiger partial charge is 0.292 e. The minimum atomic E-state index is -0.0543. The summed E-state index contributed by atoms with van der Waals surface area (Å²) in [6, 6.07) is 40.8. The first-order valence-corrected chi connectivity index (χ1v) is 13.1. The highest BCUT2D eigenvalue weighted by molar-refractivity contribution is 6.11. The van der Waals surface area contributed by atoms with Crippen LogP contribution in [0.3, 0.4) is 0 Å². The minimum absolute atomic E-state index is 0.0543. The molecule has 3 heteroatoms. The second-order valence-corrected chi connectivity index (χ2v) is 10.7. The van der Waals surface area contributed by atoms with E-state index in [2.05, 4.69) is 103 Å². The van der Waals surface area contributed by atoms with E-state index in [1.165, 1.54) is 33.0 Å². The lowest BCUT2D eigenvalue weighted by atomic mass is 9.82. The quantitative estimate of drug-likeness (QED) is 0.244. The maximum atomic E-state index is 5.26. The van der Waals surface area contributed by atoms with Crippen LogP contribution >= 0.6 is 0 Å². The minimum Gasteiger partial charge on any atom is -0.292 e. The van der Waals surface area contributed by atoms with Gasteiger partial charge in [-0.1, -0.05) is 98.8 Å². The van der Waals surface area contributed by atoms with Crippen LogP contribution in [0.4, 0.5) is 0 Å². The van der Waals surface area contributed by atoms with Gasteiger partial charge in [-0.15, -0.1) is 0 Å². The lowest BCUT2D eigenvalue weighted by Crippen LogP contribution is -2.14. The zero-order valence-electron chi connectivity index (χ0n) is 21.3. The van der Waals surface area contributed by atoms with Crippen LogP contribution in [0, 0.1) is 0 Å². The third-order valence-electron chi connectivity index (χ3n) is 8.19. The third kappa shape index (κ3) is 2.84. The van der Waals surface area contributed by atoms with Crippen molar-refractivity contribution < 1.29 is 0 Å². The van der Waals surface area contributed by atoms with Gasteiger partial charge in [0.2, 0.25) is 0 Å². The van der Waals surface area contributed by atoms with Crippen LogP contribution in [0.2, 0.25) is 0 Å². The molecule has 2 aromatic heterocycles. The number of aromatic nitrogens is 3. The zero-order chi connectivity index (χ0) is 25.4. The number of hydrogen-bond donors (Lipinski definition) is 0. The molecule has 0 fully saturated rings. The van der Waals surface area contributed by atoms with Crippen molar-refractivity contribution >= 4 is 32.8 Å². The van der Waals surface area contributed by atoms with Gasteiger partial charge < -0.3 is 0 Å². The third-order valence-corrected chi connectivity index (χ3v) is 8.19. The van der Waals surface area contributed by atoms with Gasteiger partial charge in [0.15, 0.2) is 5.82 Å². The van der Waals surface area contributed by atoms with E-state index >= 15 is 0 Å². The van der Waals surface area contributed by atoms with Crippen LogP contribution in [-0.2, 0) is 5.41 Å². The summed E-state index contributed by atoms with van der Waals surface area (Å²) in [6.07, 6.45) is 0. The van der Waals surface area contributed by atoms with E-state index in [9.17, 15) is 0 Å². The molecule has 1 aliphatic carbocycles. The number of benzene rings is 5. The van der Waals surface area contributed by atoms with E-state index in [0.29, 0.717) is 0 Å². The molecule has 0 saturated heterocycles. The Labute approximate surface area is 221 Å². The first kappa shape index (κ1) is 21.3. The molecular weight excluding hydrogens is 462 g/mol. The van der Waals surface area contributed by atoms with Crippen molar-refractivity contribution in [3.63, 3.8) is 0 Å². The molecule has 0 spiro atoms. The number of nitrogens with zero attached hydrogens (tertiary/aromatic N) is 3. The van der Waals surface area contributed by atoms with E-state index in [4.69, 9.17) is 9.97 Å². The lowest BCUT2D eigenvalue weighted by Gasteiger charge is -2.21. The highest BCUT2D eigenvalue weighted by atomic mass is 15.1. The molecule has 0 saturated carbocycles. The summed E-state index contributed by atoms with van der Waals surface area (Å²) in [4.78, 5) is 10.4. The highest BCUT2D eigenvalue weighted by Crippen LogP contribution is 2.51. The molecule has 5 aromatic carbocycles. The van der Waals surface area contributed by atoms with E-state index in [-0.39, 0.29) is 5.41 Å². The van der Waals surface area contributed by atoms with Crippen LogP contribution in [0.1, 0.15) is 25.0 Å². The SMILES string of the molecule is CC1(C)c2ccccc2-c2cc3c(cc21)c1ccccc1n3-c1nc2ccccc2nc1-c1ccccc1. The summed E-state index contributed by atoms with van der Waals surface area (Å²) in [5, 5.41) is 2.47. The van der Waals surface area contributed by atoms with Gasteiger partial charge in [-0.25, -0.2) is 9.97 Å². The Balaban J connectivity index is 1.54. The second kappa shape index (κ2) is 7.62. The Morgan fingerprint density at radius 2 is 1.24 bits per heavy atom. The van der Waals surface area contributed by atoms with Crippen molar-refractivity contribution in [1.82, 2.24) is 14.5 Å². The molecule has 38 heavy (non-hydrogen) atoms. The molecule has 0 amide bonds. The fourth-order valence-electron chi connectivity index (χ4n) is 6.33. The summed E-state index contributed by atoms with van der Waals surface area (Å²) in [6.45, 7) is 4.68. The van der Waals surface area contributed by atoms with E-state index in [1.54, 1.807) is 0 Å². The Kier molecular flexibility index (Phi) is 4.28. The van der Waals surface area contributed by atoms with Gasteiger partial charge in [0.25, 0.3) is 0 Å². The van der Waals surface area contributed by atoms with Gasteiger partial charge in [0.05, 0.1) is 22.1 Å². The number of hydrogen-bond acceptors (Lipinski definition) is 2. The molecule has 0 aliphatic heterocycles. The number of rotatable bonds is 2. The Morgan fingerprint density at radius 1 is 0.553 bits per heavy atom. The van der Waals surface area contributed by atoms with E-state index in [0.717, 1.165) is 39.1 Å². The molecule has 3 nitrogen and oxygen atoms in total. The number of fused-ring (bicyclic) bond motifs is 7. The molecule has 0 radical (unpaired) electrons. The Bertz CT molecular complexity index is 2050. The predicted octanol–water partition coefficient (Wildman–Crippen LogP) is 8.70. The first-order valence-electron chi connectivity index (χ1n) is 13.1. The van der Waals surface area contributed by atoms with Crippen LogP contribution in [0.15, 0.2) is 115 Å². The summed E-state index contributed by atoms with van der Waals surface area (Å²) in [7, 11) is 0. The lowest BCUT2D eigenvalue weighted by molar-refractivity contribution is 0.661. The summed E-state index contributed by atoms with van der Waals surface area (Å²) in [5.41, 5.74) is 11.3. The summed E-state index contributed by atoms with van der Waals surface area (Å²) < 4.78 is 2.32. The highest BCUT2D eigenvalue weighted by Gasteiger charge is 2.36. The Hall–Kier alpha value is -4.76. The van der Waals surface area contributed by atoms with Crippen LogP contribution in [0.5, 0.6) is 0 Å². The zero-order valence-corrected chi connectivity index (χ0v) is 21.3. The summed E-state index contributed by atoms with van der Waals surface area (Å²) in [5.74, 6) is 0.853. The van der Waals surface area contributed by atoms with Crippen LogP contribution < -0.4 is 0 Å². The van der Waals surface area contributed by atoms with Gasteiger partial charge in [-0.2, -0.15) is 0 Å². The summed E-state index contributed by atoms with van der Waals surface area (Å²) >= 11 is 0. The molecule has 2 heterocycles. The van der Waals surface area contributed by atoms with Gasteiger partial charge in [0.1, 0.15) is 5.69 Å². The van der Waals surface area contributed by atoms with Gasteiger partial charge in [0, 0.05) is 21.8 Å². The van der Waals surface area contributed by atoms with Crippen molar-refractivity contribution in [2.45, 2.75) is 19.3 Å². The average molecular weight is 488 g/mol. The average Bonchev–Trinajstić information content (AvgIpc) is 3.40. The molecular formula is C35H25N3.